The van der Waals surface area contributed by atoms with Crippen LogP contribution in [-0.4, -0.2) is 34.6 Å². The molecule has 2 aromatic rings. The number of halogens is 1. The Balaban J connectivity index is 2.11. The highest BCUT2D eigenvalue weighted by molar-refractivity contribution is 9.10. The molecule has 0 atom stereocenters. The number of nitrogens with zero attached hydrogens (tertiary/aromatic N) is 3. The van der Waals surface area contributed by atoms with Crippen LogP contribution in [-0.2, 0) is 4.74 Å². The van der Waals surface area contributed by atoms with Crippen molar-refractivity contribution >= 4 is 27.4 Å². The Labute approximate surface area is 102 Å². The minimum absolute atomic E-state index is 0.744. The lowest BCUT2D eigenvalue weighted by atomic mass is 10.4. The zero-order chi connectivity index (χ0) is 11.4. The normalized spacial score (nSPS) is 10.9. The molecule has 86 valence electrons. The summed E-state index contributed by atoms with van der Waals surface area (Å²) in [5.74, 6) is 0.796. The van der Waals surface area contributed by atoms with E-state index in [-0.39, 0.29) is 0 Å². The Morgan fingerprint density at radius 3 is 3.19 bits per heavy atom. The van der Waals surface area contributed by atoms with Gasteiger partial charge in [0.1, 0.15) is 4.60 Å². The van der Waals surface area contributed by atoms with Crippen LogP contribution in [0.2, 0.25) is 0 Å². The second-order valence-corrected chi connectivity index (χ2v) is 4.14. The molecule has 2 aromatic heterocycles. The number of anilines is 1. The lowest BCUT2D eigenvalue weighted by Gasteiger charge is -2.06. The Bertz CT molecular complexity index is 471. The van der Waals surface area contributed by atoms with Crippen molar-refractivity contribution in [3.63, 3.8) is 0 Å². The lowest BCUT2D eigenvalue weighted by molar-refractivity contribution is 0.198. The van der Waals surface area contributed by atoms with E-state index in [4.69, 9.17) is 4.74 Å². The van der Waals surface area contributed by atoms with Gasteiger partial charge in [-0.2, -0.15) is 0 Å². The van der Waals surface area contributed by atoms with Crippen LogP contribution in [0.3, 0.4) is 0 Å². The molecule has 0 saturated carbocycles. The van der Waals surface area contributed by atoms with Crippen LogP contribution in [0.5, 0.6) is 0 Å². The summed E-state index contributed by atoms with van der Waals surface area (Å²) in [7, 11) is 1.70. The fraction of sp³-hybridized carbons (Fsp3) is 0.400. The summed E-state index contributed by atoms with van der Waals surface area (Å²) in [6.45, 7) is 1.57. The molecule has 0 unspecified atom stereocenters. The first-order chi connectivity index (χ1) is 7.83. The molecule has 0 saturated heterocycles. The molecule has 16 heavy (non-hydrogen) atoms. The van der Waals surface area contributed by atoms with E-state index in [0.29, 0.717) is 0 Å². The molecule has 6 heteroatoms. The van der Waals surface area contributed by atoms with Gasteiger partial charge in [0, 0.05) is 32.7 Å². The summed E-state index contributed by atoms with van der Waals surface area (Å²) in [4.78, 5) is 8.54. The van der Waals surface area contributed by atoms with Gasteiger partial charge in [-0.3, -0.25) is 4.40 Å². The minimum Gasteiger partial charge on any atom is -0.385 e. The van der Waals surface area contributed by atoms with Crippen LogP contribution in [0.15, 0.2) is 23.2 Å². The third-order valence-corrected chi connectivity index (χ3v) is 2.79. The van der Waals surface area contributed by atoms with Gasteiger partial charge in [-0.25, -0.2) is 9.97 Å². The average Bonchev–Trinajstić information content (AvgIpc) is 2.68. The van der Waals surface area contributed by atoms with Crippen LogP contribution >= 0.6 is 15.9 Å². The monoisotopic (exact) mass is 284 g/mol. The maximum absolute atomic E-state index is 4.98. The Kier molecular flexibility index (Phi) is 3.74. The summed E-state index contributed by atoms with van der Waals surface area (Å²) in [6, 6.07) is 0. The first kappa shape index (κ1) is 11.3. The summed E-state index contributed by atoms with van der Waals surface area (Å²) >= 11 is 3.42. The summed E-state index contributed by atoms with van der Waals surface area (Å²) in [6.07, 6.45) is 6.32. The molecule has 0 fully saturated rings. The van der Waals surface area contributed by atoms with E-state index >= 15 is 0 Å². The molecule has 0 amide bonds. The lowest BCUT2D eigenvalue weighted by Crippen LogP contribution is -2.07. The van der Waals surface area contributed by atoms with Crippen molar-refractivity contribution < 1.29 is 4.74 Å². The number of methoxy groups -OCH3 is 1. The number of fused-ring (bicyclic) bond motifs is 1. The highest BCUT2D eigenvalue weighted by atomic mass is 79.9. The van der Waals surface area contributed by atoms with Gasteiger partial charge in [0.25, 0.3) is 0 Å². The van der Waals surface area contributed by atoms with Crippen molar-refractivity contribution in [3.8, 4) is 0 Å². The molecule has 0 aliphatic carbocycles. The van der Waals surface area contributed by atoms with Crippen molar-refractivity contribution in [1.82, 2.24) is 14.4 Å². The molecule has 0 radical (unpaired) electrons. The van der Waals surface area contributed by atoms with Gasteiger partial charge < -0.3 is 10.1 Å². The number of aromatic nitrogens is 3. The molecule has 0 bridgehead atoms. The molecule has 0 spiro atoms. The van der Waals surface area contributed by atoms with E-state index in [2.05, 4.69) is 31.2 Å². The molecule has 2 heterocycles. The van der Waals surface area contributed by atoms with Crippen LogP contribution in [0.4, 0.5) is 5.82 Å². The molecule has 0 aliphatic heterocycles. The number of ether oxygens (including phenoxy) is 1. The van der Waals surface area contributed by atoms with Crippen LogP contribution in [0.25, 0.3) is 5.65 Å². The molecular formula is C10H13BrN4O. The van der Waals surface area contributed by atoms with E-state index in [1.54, 1.807) is 19.5 Å². The van der Waals surface area contributed by atoms with E-state index in [9.17, 15) is 0 Å². The Morgan fingerprint density at radius 1 is 1.50 bits per heavy atom. The third-order valence-electron chi connectivity index (χ3n) is 2.20. The molecule has 0 aromatic carbocycles. The Hall–Kier alpha value is -1.14. The molecule has 2 rings (SSSR count). The SMILES string of the molecule is COCCCNc1nccn2c(Br)cnc12. The first-order valence-electron chi connectivity index (χ1n) is 5.03. The van der Waals surface area contributed by atoms with Gasteiger partial charge >= 0.3 is 0 Å². The molecule has 1 N–H and O–H groups in total. The zero-order valence-electron chi connectivity index (χ0n) is 8.98. The molecular weight excluding hydrogens is 272 g/mol. The maximum atomic E-state index is 4.98. The number of rotatable bonds is 5. The molecule has 0 aliphatic rings. The van der Waals surface area contributed by atoms with Gasteiger partial charge in [0.2, 0.25) is 0 Å². The van der Waals surface area contributed by atoms with E-state index in [1.807, 2.05) is 10.6 Å². The van der Waals surface area contributed by atoms with Crippen LogP contribution in [0.1, 0.15) is 6.42 Å². The summed E-state index contributed by atoms with van der Waals surface area (Å²) < 4.78 is 7.84. The van der Waals surface area contributed by atoms with Crippen molar-refractivity contribution in [1.29, 1.82) is 0 Å². The maximum Gasteiger partial charge on any atom is 0.180 e. The van der Waals surface area contributed by atoms with Crippen molar-refractivity contribution in [2.45, 2.75) is 6.42 Å². The van der Waals surface area contributed by atoms with Crippen molar-refractivity contribution in [2.75, 3.05) is 25.6 Å². The van der Waals surface area contributed by atoms with Crippen molar-refractivity contribution in [2.24, 2.45) is 0 Å². The van der Waals surface area contributed by atoms with Gasteiger partial charge in [0.15, 0.2) is 11.5 Å². The highest BCUT2D eigenvalue weighted by Gasteiger charge is 2.05. The van der Waals surface area contributed by atoms with E-state index in [1.165, 1.54) is 0 Å². The zero-order valence-corrected chi connectivity index (χ0v) is 10.6. The first-order valence-corrected chi connectivity index (χ1v) is 5.82. The summed E-state index contributed by atoms with van der Waals surface area (Å²) in [5, 5.41) is 3.24. The number of imidazole rings is 1. The number of hydrogen-bond donors (Lipinski definition) is 1. The number of nitrogens with one attached hydrogen (secondary N) is 1. The number of hydrogen-bond acceptors (Lipinski definition) is 4. The second-order valence-electron chi connectivity index (χ2n) is 3.32. The van der Waals surface area contributed by atoms with E-state index < -0.39 is 0 Å². The summed E-state index contributed by atoms with van der Waals surface area (Å²) in [5.41, 5.74) is 0.826. The third kappa shape index (κ3) is 2.33. The topological polar surface area (TPSA) is 51.5 Å². The van der Waals surface area contributed by atoms with Crippen molar-refractivity contribution in [3.05, 3.63) is 23.2 Å². The van der Waals surface area contributed by atoms with Gasteiger partial charge in [-0.1, -0.05) is 0 Å². The van der Waals surface area contributed by atoms with Crippen LogP contribution < -0.4 is 5.32 Å². The average molecular weight is 285 g/mol. The van der Waals surface area contributed by atoms with Gasteiger partial charge in [-0.15, -0.1) is 0 Å². The van der Waals surface area contributed by atoms with E-state index in [0.717, 1.165) is 35.6 Å². The highest BCUT2D eigenvalue weighted by Crippen LogP contribution is 2.17. The standard InChI is InChI=1S/C10H13BrN4O/c1-16-6-2-3-12-9-10-14-7-8(11)15(10)5-4-13-9/h4-5,7H,2-3,6H2,1H3,(H,12,13). The fourth-order valence-corrected chi connectivity index (χ4v) is 1.83. The largest absolute Gasteiger partial charge is 0.385 e. The van der Waals surface area contributed by atoms with Gasteiger partial charge in [-0.05, 0) is 22.4 Å². The Morgan fingerprint density at radius 2 is 2.38 bits per heavy atom. The smallest absolute Gasteiger partial charge is 0.180 e. The molecule has 5 nitrogen and oxygen atoms in total. The predicted octanol–water partition coefficient (Wildman–Crippen LogP) is 1.94. The fourth-order valence-electron chi connectivity index (χ4n) is 1.44. The van der Waals surface area contributed by atoms with Crippen LogP contribution in [0, 0.1) is 0 Å². The minimum atomic E-state index is 0.744. The quantitative estimate of drug-likeness (QED) is 0.853. The second kappa shape index (κ2) is 5.27. The van der Waals surface area contributed by atoms with Gasteiger partial charge in [0.05, 0.1) is 6.20 Å². The predicted molar refractivity (Wildman–Crippen MR) is 65.7 cm³/mol.